The maximum atomic E-state index is 12.5. The van der Waals surface area contributed by atoms with Crippen molar-refractivity contribution in [1.82, 2.24) is 0 Å². The largest absolute Gasteiger partial charge is 0.497 e. The van der Waals surface area contributed by atoms with Crippen molar-refractivity contribution >= 4 is 23.5 Å². The van der Waals surface area contributed by atoms with E-state index < -0.39 is 28.9 Å². The van der Waals surface area contributed by atoms with Gasteiger partial charge < -0.3 is 14.2 Å². The van der Waals surface area contributed by atoms with Crippen LogP contribution in [0.2, 0.25) is 0 Å². The molecule has 0 saturated carbocycles. The van der Waals surface area contributed by atoms with Gasteiger partial charge in [-0.05, 0) is 18.2 Å². The van der Waals surface area contributed by atoms with E-state index in [1.807, 2.05) is 0 Å². The second kappa shape index (κ2) is 5.01. The first-order chi connectivity index (χ1) is 9.94. The maximum Gasteiger partial charge on any atom is 0.339 e. The van der Waals surface area contributed by atoms with Crippen molar-refractivity contribution in [1.29, 1.82) is 0 Å². The second-order valence-electron chi connectivity index (χ2n) is 4.30. The van der Waals surface area contributed by atoms with Gasteiger partial charge in [-0.2, -0.15) is 0 Å². The molecule has 0 spiro atoms. The molecule has 0 unspecified atom stereocenters. The third-order valence-corrected chi connectivity index (χ3v) is 3.38. The lowest BCUT2D eigenvalue weighted by Gasteiger charge is -2.19. The molecule has 2 rings (SSSR count). The molecule has 1 aliphatic carbocycles. The van der Waals surface area contributed by atoms with Crippen LogP contribution in [0, 0.1) is 5.41 Å². The summed E-state index contributed by atoms with van der Waals surface area (Å²) in [6, 6.07) is 4.07. The summed E-state index contributed by atoms with van der Waals surface area (Å²) in [5.74, 6) is -4.14. The first-order valence-corrected chi connectivity index (χ1v) is 5.89. The van der Waals surface area contributed by atoms with Gasteiger partial charge in [0.1, 0.15) is 5.75 Å². The SMILES string of the molecule is COC(=O)C1(C(=O)OC)C(=O)c2ccc(OC)cc2C1=O. The number of benzene rings is 1. The third kappa shape index (κ3) is 1.74. The van der Waals surface area contributed by atoms with Gasteiger partial charge in [0.05, 0.1) is 21.3 Å². The highest BCUT2D eigenvalue weighted by molar-refractivity contribution is 6.47. The lowest BCUT2D eigenvalue weighted by molar-refractivity contribution is -0.160. The van der Waals surface area contributed by atoms with Gasteiger partial charge in [0.15, 0.2) is 5.78 Å². The summed E-state index contributed by atoms with van der Waals surface area (Å²) in [6.45, 7) is 0. The zero-order valence-corrected chi connectivity index (χ0v) is 11.6. The summed E-state index contributed by atoms with van der Waals surface area (Å²) in [4.78, 5) is 49.0. The number of Topliss-reactive ketones (excluding diaryl/α,β-unsaturated/α-hetero) is 2. The highest BCUT2D eigenvalue weighted by Crippen LogP contribution is 2.40. The fourth-order valence-corrected chi connectivity index (χ4v) is 2.30. The average Bonchev–Trinajstić information content (AvgIpc) is 2.74. The van der Waals surface area contributed by atoms with Gasteiger partial charge >= 0.3 is 11.9 Å². The van der Waals surface area contributed by atoms with Crippen molar-refractivity contribution in [3.8, 4) is 5.75 Å². The van der Waals surface area contributed by atoms with Crippen molar-refractivity contribution in [2.45, 2.75) is 0 Å². The summed E-state index contributed by atoms with van der Waals surface area (Å²) < 4.78 is 13.9. The van der Waals surface area contributed by atoms with Crippen LogP contribution in [0.25, 0.3) is 0 Å². The topological polar surface area (TPSA) is 96.0 Å². The van der Waals surface area contributed by atoms with Gasteiger partial charge in [0, 0.05) is 11.1 Å². The highest BCUT2D eigenvalue weighted by atomic mass is 16.5. The highest BCUT2D eigenvalue weighted by Gasteiger charge is 2.66. The van der Waals surface area contributed by atoms with E-state index in [1.54, 1.807) is 0 Å². The van der Waals surface area contributed by atoms with E-state index in [0.717, 1.165) is 14.2 Å². The Morgan fingerprint density at radius 3 is 1.90 bits per heavy atom. The summed E-state index contributed by atoms with van der Waals surface area (Å²) >= 11 is 0. The van der Waals surface area contributed by atoms with Crippen LogP contribution in [-0.2, 0) is 19.1 Å². The monoisotopic (exact) mass is 292 g/mol. The summed E-state index contributed by atoms with van der Waals surface area (Å²) in [7, 11) is 3.35. The van der Waals surface area contributed by atoms with Gasteiger partial charge in [0.2, 0.25) is 5.78 Å². The molecule has 0 aromatic heterocycles. The summed E-state index contributed by atoms with van der Waals surface area (Å²) in [5, 5.41) is 0. The Kier molecular flexibility index (Phi) is 3.51. The molecule has 21 heavy (non-hydrogen) atoms. The van der Waals surface area contributed by atoms with Crippen LogP contribution in [0.1, 0.15) is 20.7 Å². The number of ether oxygens (including phenoxy) is 3. The molecule has 0 atom stereocenters. The number of rotatable bonds is 3. The number of carbonyl (C=O) groups is 4. The predicted molar refractivity (Wildman–Crippen MR) is 68.1 cm³/mol. The standard InChI is InChI=1S/C14H12O7/c1-19-7-4-5-8-9(6-7)11(16)14(10(8)15,12(17)20-2)13(18)21-3/h4-6H,1-3H3. The number of hydrogen-bond acceptors (Lipinski definition) is 7. The molecule has 0 fully saturated rings. The second-order valence-corrected chi connectivity index (χ2v) is 4.30. The maximum absolute atomic E-state index is 12.5. The van der Waals surface area contributed by atoms with E-state index in [2.05, 4.69) is 9.47 Å². The molecule has 7 nitrogen and oxygen atoms in total. The van der Waals surface area contributed by atoms with Crippen molar-refractivity contribution in [3.05, 3.63) is 29.3 Å². The van der Waals surface area contributed by atoms with Gasteiger partial charge in [-0.1, -0.05) is 0 Å². The van der Waals surface area contributed by atoms with Crippen LogP contribution >= 0.6 is 0 Å². The first-order valence-electron chi connectivity index (χ1n) is 5.89. The van der Waals surface area contributed by atoms with Gasteiger partial charge in [0.25, 0.3) is 5.41 Å². The number of fused-ring (bicyclic) bond motifs is 1. The molecule has 0 N–H and O–H groups in total. The van der Waals surface area contributed by atoms with E-state index in [1.165, 1.54) is 25.3 Å². The molecule has 1 aromatic rings. The number of carbonyl (C=O) groups excluding carboxylic acids is 4. The number of hydrogen-bond donors (Lipinski definition) is 0. The number of methoxy groups -OCH3 is 3. The molecule has 1 aromatic carbocycles. The van der Waals surface area contributed by atoms with Crippen LogP contribution in [0.5, 0.6) is 5.75 Å². The molecule has 0 saturated heterocycles. The first kappa shape index (κ1) is 14.7. The molecule has 0 radical (unpaired) electrons. The Morgan fingerprint density at radius 1 is 0.905 bits per heavy atom. The van der Waals surface area contributed by atoms with E-state index in [0.29, 0.717) is 5.75 Å². The Balaban J connectivity index is 2.71. The van der Waals surface area contributed by atoms with Gasteiger partial charge in [-0.15, -0.1) is 0 Å². The molecule has 0 aliphatic heterocycles. The minimum atomic E-state index is -2.63. The average molecular weight is 292 g/mol. The number of ketones is 2. The van der Waals surface area contributed by atoms with Crippen molar-refractivity contribution in [3.63, 3.8) is 0 Å². The predicted octanol–water partition coefficient (Wildman–Crippen LogP) is 0.407. The Morgan fingerprint density at radius 2 is 1.43 bits per heavy atom. The van der Waals surface area contributed by atoms with Crippen molar-refractivity contribution < 1.29 is 33.4 Å². The van der Waals surface area contributed by atoms with Crippen LogP contribution in [0.4, 0.5) is 0 Å². The van der Waals surface area contributed by atoms with Crippen LogP contribution in [0.3, 0.4) is 0 Å². The summed E-state index contributed by atoms with van der Waals surface area (Å²) in [5.41, 5.74) is -2.75. The molecule has 110 valence electrons. The van der Waals surface area contributed by atoms with Crippen LogP contribution < -0.4 is 4.74 Å². The fraction of sp³-hybridized carbons (Fsp3) is 0.286. The summed E-state index contributed by atoms with van der Waals surface area (Å²) in [6.07, 6.45) is 0. The zero-order valence-electron chi connectivity index (χ0n) is 11.6. The normalized spacial score (nSPS) is 15.4. The van der Waals surface area contributed by atoms with Crippen LogP contribution in [0.15, 0.2) is 18.2 Å². The van der Waals surface area contributed by atoms with Gasteiger partial charge in [-0.25, -0.2) is 9.59 Å². The fourth-order valence-electron chi connectivity index (χ4n) is 2.30. The van der Waals surface area contributed by atoms with Crippen molar-refractivity contribution in [2.75, 3.05) is 21.3 Å². The van der Waals surface area contributed by atoms with E-state index in [4.69, 9.17) is 4.74 Å². The molecule has 1 aliphatic rings. The Hall–Kier alpha value is -2.70. The smallest absolute Gasteiger partial charge is 0.339 e. The molecule has 0 amide bonds. The third-order valence-electron chi connectivity index (χ3n) is 3.38. The van der Waals surface area contributed by atoms with E-state index in [-0.39, 0.29) is 11.1 Å². The minimum Gasteiger partial charge on any atom is -0.497 e. The lowest BCUT2D eigenvalue weighted by atomic mass is 9.82. The van der Waals surface area contributed by atoms with Crippen molar-refractivity contribution in [2.24, 2.45) is 5.41 Å². The molecule has 0 bridgehead atoms. The van der Waals surface area contributed by atoms with E-state index >= 15 is 0 Å². The molecular weight excluding hydrogens is 280 g/mol. The lowest BCUT2D eigenvalue weighted by Crippen LogP contribution is -2.50. The molecule has 7 heteroatoms. The molecule has 0 heterocycles. The zero-order chi connectivity index (χ0) is 15.8. The van der Waals surface area contributed by atoms with Crippen LogP contribution in [-0.4, -0.2) is 44.8 Å². The van der Waals surface area contributed by atoms with E-state index in [9.17, 15) is 19.2 Å². The molecular formula is C14H12O7. The Bertz CT molecular complexity index is 643. The number of esters is 2. The van der Waals surface area contributed by atoms with Gasteiger partial charge in [-0.3, -0.25) is 9.59 Å². The minimum absolute atomic E-state index is 0.0448. The quantitative estimate of drug-likeness (QED) is 0.588. The Labute approximate surface area is 119 Å².